The summed E-state index contributed by atoms with van der Waals surface area (Å²) in [5.74, 6) is 2.22. The first-order valence-corrected chi connectivity index (χ1v) is 21.8. The van der Waals surface area contributed by atoms with Gasteiger partial charge in [-0.2, -0.15) is 0 Å². The van der Waals surface area contributed by atoms with Crippen LogP contribution in [0.3, 0.4) is 0 Å². The summed E-state index contributed by atoms with van der Waals surface area (Å²) >= 11 is 0. The first-order chi connectivity index (χ1) is 31.8. The van der Waals surface area contributed by atoms with Crippen LogP contribution >= 0.6 is 0 Å². The van der Waals surface area contributed by atoms with E-state index in [2.05, 4.69) is 237 Å². The highest BCUT2D eigenvalue weighted by Crippen LogP contribution is 2.40. The molecular formula is C58H36N6. The molecule has 0 radical (unpaired) electrons. The van der Waals surface area contributed by atoms with Gasteiger partial charge in [-0.3, -0.25) is 9.13 Å². The maximum Gasteiger partial charge on any atom is 0.166 e. The van der Waals surface area contributed by atoms with Gasteiger partial charge in [0.05, 0.1) is 49.8 Å². The van der Waals surface area contributed by atoms with Crippen LogP contribution in [0.4, 0.5) is 0 Å². The molecule has 0 spiro atoms. The Morgan fingerprint density at radius 1 is 0.250 bits per heavy atom. The van der Waals surface area contributed by atoms with Gasteiger partial charge in [0, 0.05) is 60.4 Å². The van der Waals surface area contributed by atoms with Crippen molar-refractivity contribution in [3.05, 3.63) is 218 Å². The number of fused-ring (bicyclic) bond motifs is 12. The summed E-state index contributed by atoms with van der Waals surface area (Å²) in [4.78, 5) is 11.2. The van der Waals surface area contributed by atoms with Gasteiger partial charge in [-0.25, -0.2) is 9.97 Å². The molecule has 0 aliphatic carbocycles. The van der Waals surface area contributed by atoms with Crippen molar-refractivity contribution in [1.29, 1.82) is 0 Å². The Bertz CT molecular complexity index is 4060. The van der Waals surface area contributed by atoms with Gasteiger partial charge >= 0.3 is 0 Å². The molecule has 298 valence electrons. The molecule has 0 amide bonds. The van der Waals surface area contributed by atoms with E-state index in [4.69, 9.17) is 9.97 Å². The third-order valence-corrected chi connectivity index (χ3v) is 13.2. The van der Waals surface area contributed by atoms with E-state index in [1.165, 1.54) is 43.4 Å². The fraction of sp³-hybridized carbons (Fsp3) is 0. The summed E-state index contributed by atoms with van der Waals surface area (Å²) < 4.78 is 9.39. The molecule has 0 N–H and O–H groups in total. The summed E-state index contributed by atoms with van der Waals surface area (Å²) in [5.41, 5.74) is 12.0. The monoisotopic (exact) mass is 816 g/mol. The van der Waals surface area contributed by atoms with Gasteiger partial charge in [0.1, 0.15) is 11.6 Å². The second-order valence-corrected chi connectivity index (χ2v) is 16.6. The molecule has 14 aromatic rings. The maximum atomic E-state index is 5.62. The zero-order valence-electron chi connectivity index (χ0n) is 34.5. The average Bonchev–Trinajstić information content (AvgIpc) is 4.09. The van der Waals surface area contributed by atoms with E-state index in [1.54, 1.807) is 0 Å². The number of para-hydroxylation sites is 8. The van der Waals surface area contributed by atoms with Crippen LogP contribution in [0.5, 0.6) is 0 Å². The van der Waals surface area contributed by atoms with Gasteiger partial charge in [-0.05, 0) is 72.8 Å². The first-order valence-electron chi connectivity index (χ1n) is 21.8. The van der Waals surface area contributed by atoms with Crippen LogP contribution in [0, 0.1) is 0 Å². The fourth-order valence-corrected chi connectivity index (χ4v) is 10.5. The Hall–Kier alpha value is -8.74. The molecule has 64 heavy (non-hydrogen) atoms. The second kappa shape index (κ2) is 13.4. The van der Waals surface area contributed by atoms with Gasteiger partial charge in [-0.15, -0.1) is 0 Å². The van der Waals surface area contributed by atoms with Gasteiger partial charge in [-0.1, -0.05) is 140 Å². The van der Waals surface area contributed by atoms with Crippen LogP contribution < -0.4 is 0 Å². The molecule has 0 unspecified atom stereocenters. The molecule has 6 heteroatoms. The van der Waals surface area contributed by atoms with Crippen molar-refractivity contribution in [2.75, 3.05) is 0 Å². The smallest absolute Gasteiger partial charge is 0.166 e. The molecule has 0 atom stereocenters. The first kappa shape index (κ1) is 34.9. The van der Waals surface area contributed by atoms with E-state index in [9.17, 15) is 0 Å². The molecule has 5 aromatic heterocycles. The SMILES string of the molecule is c1ccc(-n2c3ccccc3c3ccccc32)c(-c2nc(-n3c4ccccc4c4ccccc43)cc(-n3c4ccccc4c4cc(-n5c6ccccc6c6ccccc65)ccc43)n2)c1. The summed E-state index contributed by atoms with van der Waals surface area (Å²) in [6.45, 7) is 0. The van der Waals surface area contributed by atoms with Crippen molar-refractivity contribution in [2.45, 2.75) is 0 Å². The highest BCUT2D eigenvalue weighted by atomic mass is 15.2. The zero-order valence-corrected chi connectivity index (χ0v) is 34.5. The van der Waals surface area contributed by atoms with Crippen LogP contribution in [0.15, 0.2) is 218 Å². The molecule has 0 aliphatic rings. The second-order valence-electron chi connectivity index (χ2n) is 16.6. The van der Waals surface area contributed by atoms with Crippen molar-refractivity contribution in [1.82, 2.24) is 28.2 Å². The number of rotatable bonds is 5. The van der Waals surface area contributed by atoms with Crippen molar-refractivity contribution in [2.24, 2.45) is 0 Å². The van der Waals surface area contributed by atoms with Crippen molar-refractivity contribution >= 4 is 87.2 Å². The molecule has 0 saturated carbocycles. The third-order valence-electron chi connectivity index (χ3n) is 13.2. The van der Waals surface area contributed by atoms with E-state index in [0.29, 0.717) is 5.82 Å². The van der Waals surface area contributed by atoms with E-state index < -0.39 is 0 Å². The fourth-order valence-electron chi connectivity index (χ4n) is 10.5. The standard InChI is InChI=1S/C58H36N6/c1-9-25-47-38(17-1)39-18-2-10-26-48(39)61(47)37-33-34-55-46(35-37)44-23-7-15-31-53(44)64(55)57-36-56(63-51-29-13-5-21-42(51)43-22-6-14-30-52(43)63)59-58(60-57)45-24-8-16-32-54(45)62-49-27-11-3-19-40(49)41-20-4-12-28-50(41)62/h1-36H. The number of benzene rings is 9. The minimum Gasteiger partial charge on any atom is -0.309 e. The lowest BCUT2D eigenvalue weighted by Gasteiger charge is -2.17. The lowest BCUT2D eigenvalue weighted by Crippen LogP contribution is -2.07. The molecule has 0 fully saturated rings. The van der Waals surface area contributed by atoms with Gasteiger partial charge in [0.25, 0.3) is 0 Å². The van der Waals surface area contributed by atoms with Crippen LogP contribution in [0.2, 0.25) is 0 Å². The van der Waals surface area contributed by atoms with Crippen LogP contribution in [0.25, 0.3) is 122 Å². The van der Waals surface area contributed by atoms with E-state index in [1.807, 2.05) is 0 Å². The van der Waals surface area contributed by atoms with Crippen molar-refractivity contribution < 1.29 is 0 Å². The predicted octanol–water partition coefficient (Wildman–Crippen LogP) is 14.5. The highest BCUT2D eigenvalue weighted by Gasteiger charge is 2.23. The third kappa shape index (κ3) is 4.90. The van der Waals surface area contributed by atoms with E-state index in [-0.39, 0.29) is 0 Å². The van der Waals surface area contributed by atoms with Gasteiger partial charge in [0.2, 0.25) is 0 Å². The molecule has 0 aliphatic heterocycles. The van der Waals surface area contributed by atoms with Crippen molar-refractivity contribution in [3.8, 4) is 34.4 Å². The molecule has 9 aromatic carbocycles. The van der Waals surface area contributed by atoms with E-state index >= 15 is 0 Å². The minimum atomic E-state index is 0.639. The van der Waals surface area contributed by atoms with Gasteiger partial charge in [0.15, 0.2) is 5.82 Å². The highest BCUT2D eigenvalue weighted by molar-refractivity contribution is 6.13. The molecular weight excluding hydrogens is 781 g/mol. The summed E-state index contributed by atoms with van der Waals surface area (Å²) in [7, 11) is 0. The average molecular weight is 817 g/mol. The van der Waals surface area contributed by atoms with Crippen LogP contribution in [-0.4, -0.2) is 28.2 Å². The minimum absolute atomic E-state index is 0.639. The van der Waals surface area contributed by atoms with E-state index in [0.717, 1.165) is 72.4 Å². The van der Waals surface area contributed by atoms with Gasteiger partial charge < -0.3 is 9.13 Å². The summed E-state index contributed by atoms with van der Waals surface area (Å²) in [5, 5.41) is 9.57. The molecule has 5 heterocycles. The normalized spacial score (nSPS) is 12.1. The Kier molecular flexibility index (Phi) is 7.30. The van der Waals surface area contributed by atoms with Crippen molar-refractivity contribution in [3.63, 3.8) is 0 Å². The Labute approximate surface area is 366 Å². The number of aromatic nitrogens is 6. The Morgan fingerprint density at radius 3 is 1.02 bits per heavy atom. The Balaban J connectivity index is 1.07. The number of hydrogen-bond acceptors (Lipinski definition) is 2. The summed E-state index contributed by atoms with van der Waals surface area (Å²) in [6, 6.07) is 78.3. The molecule has 0 bridgehead atoms. The molecule has 14 rings (SSSR count). The largest absolute Gasteiger partial charge is 0.309 e. The predicted molar refractivity (Wildman–Crippen MR) is 265 cm³/mol. The Morgan fingerprint density at radius 2 is 0.578 bits per heavy atom. The number of nitrogens with zero attached hydrogens (tertiary/aromatic N) is 6. The number of hydrogen-bond donors (Lipinski definition) is 0. The zero-order chi connectivity index (χ0) is 41.9. The van der Waals surface area contributed by atoms with Crippen LogP contribution in [0.1, 0.15) is 0 Å². The summed E-state index contributed by atoms with van der Waals surface area (Å²) in [6.07, 6.45) is 0. The lowest BCUT2D eigenvalue weighted by atomic mass is 10.1. The topological polar surface area (TPSA) is 45.5 Å². The maximum absolute atomic E-state index is 5.62. The lowest BCUT2D eigenvalue weighted by molar-refractivity contribution is 0.991. The molecule has 6 nitrogen and oxygen atoms in total. The molecule has 0 saturated heterocycles. The quantitative estimate of drug-likeness (QED) is 0.174. The van der Waals surface area contributed by atoms with Crippen LogP contribution in [-0.2, 0) is 0 Å².